The minimum Gasteiger partial charge on any atom is -0.346 e. The van der Waals surface area contributed by atoms with Gasteiger partial charge in [-0.3, -0.25) is 4.90 Å². The van der Waals surface area contributed by atoms with Crippen molar-refractivity contribution >= 4 is 7.98 Å². The summed E-state index contributed by atoms with van der Waals surface area (Å²) in [5, 5.41) is 0. The topological polar surface area (TPSA) is 6.48 Å². The van der Waals surface area contributed by atoms with Gasteiger partial charge in [0.05, 0.1) is 0 Å². The maximum absolute atomic E-state index is 5.94. The largest absolute Gasteiger partial charge is 0.346 e. The molecule has 0 aromatic carbocycles. The first-order chi connectivity index (χ1) is 5.64. The van der Waals surface area contributed by atoms with E-state index in [9.17, 15) is 0 Å². The van der Waals surface area contributed by atoms with E-state index in [-0.39, 0.29) is 0 Å². The first-order valence-electron chi connectivity index (χ1n) is 4.90. The third-order valence-corrected chi connectivity index (χ3v) is 3.29. The molecule has 3 heteroatoms. The Bertz CT molecular complexity index is 177. The van der Waals surface area contributed by atoms with Crippen LogP contribution in [-0.4, -0.2) is 48.9 Å². The number of hydrogen-bond donors (Lipinski definition) is 0. The third-order valence-electron chi connectivity index (χ3n) is 3.29. The Morgan fingerprint density at radius 2 is 1.92 bits per heavy atom. The SMILES string of the molecule is [B]N1CCN(C(C)C)CC12CC2. The summed E-state index contributed by atoms with van der Waals surface area (Å²) in [4.78, 5) is 4.60. The number of piperazine rings is 1. The molecular formula is C9H17BN2. The third kappa shape index (κ3) is 1.29. The van der Waals surface area contributed by atoms with Crippen molar-refractivity contribution in [3.63, 3.8) is 0 Å². The molecule has 1 aliphatic carbocycles. The molecule has 1 heterocycles. The molecule has 0 atom stereocenters. The van der Waals surface area contributed by atoms with Crippen LogP contribution in [-0.2, 0) is 0 Å². The van der Waals surface area contributed by atoms with Gasteiger partial charge in [-0.05, 0) is 33.2 Å². The van der Waals surface area contributed by atoms with Crippen LogP contribution in [0.25, 0.3) is 0 Å². The summed E-state index contributed by atoms with van der Waals surface area (Å²) in [5.41, 5.74) is 0.377. The fourth-order valence-corrected chi connectivity index (χ4v) is 2.05. The predicted octanol–water partition coefficient (Wildman–Crippen LogP) is 0.628. The molecule has 1 saturated carbocycles. The van der Waals surface area contributed by atoms with E-state index in [1.54, 1.807) is 0 Å². The highest BCUT2D eigenvalue weighted by Crippen LogP contribution is 2.43. The summed E-state index contributed by atoms with van der Waals surface area (Å²) in [7, 11) is 5.94. The summed E-state index contributed by atoms with van der Waals surface area (Å²) in [6.07, 6.45) is 2.60. The second-order valence-corrected chi connectivity index (χ2v) is 4.48. The standard InChI is InChI=1S/C9H17BN2/c1-8(2)11-5-6-12(10)9(7-11)3-4-9/h8H,3-7H2,1-2H3. The lowest BCUT2D eigenvalue weighted by Gasteiger charge is -2.42. The monoisotopic (exact) mass is 164 g/mol. The molecule has 0 N–H and O–H groups in total. The summed E-state index contributed by atoms with van der Waals surface area (Å²) < 4.78 is 0. The van der Waals surface area contributed by atoms with Crippen molar-refractivity contribution in [2.75, 3.05) is 19.6 Å². The van der Waals surface area contributed by atoms with E-state index in [2.05, 4.69) is 23.6 Å². The van der Waals surface area contributed by atoms with E-state index in [0.717, 1.165) is 13.1 Å². The lowest BCUT2D eigenvalue weighted by molar-refractivity contribution is 0.0977. The van der Waals surface area contributed by atoms with Gasteiger partial charge >= 0.3 is 0 Å². The molecular weight excluding hydrogens is 147 g/mol. The van der Waals surface area contributed by atoms with Crippen molar-refractivity contribution in [1.82, 2.24) is 9.71 Å². The zero-order valence-corrected chi connectivity index (χ0v) is 8.08. The first kappa shape index (κ1) is 8.58. The van der Waals surface area contributed by atoms with Crippen LogP contribution in [0, 0.1) is 0 Å². The highest BCUT2D eigenvalue weighted by molar-refractivity contribution is 6.05. The van der Waals surface area contributed by atoms with E-state index in [0.29, 0.717) is 11.6 Å². The normalized spacial score (nSPS) is 29.9. The van der Waals surface area contributed by atoms with E-state index in [1.165, 1.54) is 19.4 Å². The summed E-state index contributed by atoms with van der Waals surface area (Å²) in [6, 6.07) is 0.677. The fraction of sp³-hybridized carbons (Fsp3) is 1.00. The molecule has 66 valence electrons. The average molecular weight is 164 g/mol. The molecule has 2 fully saturated rings. The average Bonchev–Trinajstić information content (AvgIpc) is 2.76. The van der Waals surface area contributed by atoms with Crippen LogP contribution in [0.1, 0.15) is 26.7 Å². The number of hydrogen-bond acceptors (Lipinski definition) is 2. The molecule has 2 radical (unpaired) electrons. The number of rotatable bonds is 1. The van der Waals surface area contributed by atoms with Crippen molar-refractivity contribution in [2.24, 2.45) is 0 Å². The Morgan fingerprint density at radius 3 is 2.42 bits per heavy atom. The minimum absolute atomic E-state index is 0.377. The van der Waals surface area contributed by atoms with Gasteiger partial charge in [-0.15, -0.1) is 0 Å². The molecule has 2 rings (SSSR count). The molecule has 1 spiro atoms. The van der Waals surface area contributed by atoms with Crippen LogP contribution in [0.3, 0.4) is 0 Å². The maximum atomic E-state index is 5.94. The predicted molar refractivity (Wildman–Crippen MR) is 51.1 cm³/mol. The Labute approximate surface area is 76.3 Å². The van der Waals surface area contributed by atoms with Gasteiger partial charge in [-0.2, -0.15) is 0 Å². The van der Waals surface area contributed by atoms with Crippen molar-refractivity contribution in [3.05, 3.63) is 0 Å². The molecule has 2 aliphatic rings. The van der Waals surface area contributed by atoms with Crippen molar-refractivity contribution in [3.8, 4) is 0 Å². The smallest absolute Gasteiger partial charge is 0.183 e. The second-order valence-electron chi connectivity index (χ2n) is 4.48. The van der Waals surface area contributed by atoms with Crippen LogP contribution in [0.5, 0.6) is 0 Å². The second kappa shape index (κ2) is 2.74. The molecule has 2 nitrogen and oxygen atoms in total. The van der Waals surface area contributed by atoms with Gasteiger partial charge in [-0.25, -0.2) is 0 Å². The summed E-state index contributed by atoms with van der Waals surface area (Å²) in [6.45, 7) is 7.89. The first-order valence-corrected chi connectivity index (χ1v) is 4.90. The van der Waals surface area contributed by atoms with Crippen molar-refractivity contribution in [1.29, 1.82) is 0 Å². The zero-order valence-electron chi connectivity index (χ0n) is 8.08. The molecule has 0 aromatic rings. The van der Waals surface area contributed by atoms with Gasteiger partial charge in [0.1, 0.15) is 0 Å². The highest BCUT2D eigenvalue weighted by atomic mass is 15.3. The van der Waals surface area contributed by atoms with Crippen LogP contribution in [0.15, 0.2) is 0 Å². The summed E-state index contributed by atoms with van der Waals surface area (Å²) >= 11 is 0. The Hall–Kier alpha value is -0.0151. The van der Waals surface area contributed by atoms with Crippen LogP contribution < -0.4 is 0 Å². The Balaban J connectivity index is 1.99. The minimum atomic E-state index is 0.377. The van der Waals surface area contributed by atoms with Gasteiger partial charge in [-0.1, -0.05) is 0 Å². The van der Waals surface area contributed by atoms with E-state index in [1.807, 2.05) is 0 Å². The van der Waals surface area contributed by atoms with Gasteiger partial charge < -0.3 is 4.81 Å². The Morgan fingerprint density at radius 1 is 1.25 bits per heavy atom. The van der Waals surface area contributed by atoms with Gasteiger partial charge in [0, 0.05) is 24.7 Å². The van der Waals surface area contributed by atoms with Gasteiger partial charge in [0.15, 0.2) is 7.98 Å². The highest BCUT2D eigenvalue weighted by Gasteiger charge is 2.48. The molecule has 12 heavy (non-hydrogen) atoms. The maximum Gasteiger partial charge on any atom is 0.183 e. The van der Waals surface area contributed by atoms with Crippen molar-refractivity contribution in [2.45, 2.75) is 38.3 Å². The van der Waals surface area contributed by atoms with E-state index < -0.39 is 0 Å². The zero-order chi connectivity index (χ0) is 8.77. The molecule has 1 aliphatic heterocycles. The summed E-state index contributed by atoms with van der Waals surface area (Å²) in [5.74, 6) is 0. The Kier molecular flexibility index (Phi) is 1.96. The fourth-order valence-electron chi connectivity index (χ4n) is 2.05. The molecule has 1 saturated heterocycles. The molecule has 0 unspecified atom stereocenters. The molecule has 0 bridgehead atoms. The van der Waals surface area contributed by atoms with Crippen LogP contribution >= 0.6 is 0 Å². The molecule has 0 amide bonds. The van der Waals surface area contributed by atoms with Gasteiger partial charge in [0.25, 0.3) is 0 Å². The van der Waals surface area contributed by atoms with E-state index in [4.69, 9.17) is 7.98 Å². The van der Waals surface area contributed by atoms with Gasteiger partial charge in [0.2, 0.25) is 0 Å². The lowest BCUT2D eigenvalue weighted by Crippen LogP contribution is -2.55. The van der Waals surface area contributed by atoms with E-state index >= 15 is 0 Å². The lowest BCUT2D eigenvalue weighted by atomic mass is 10.0. The number of nitrogens with zero attached hydrogens (tertiary/aromatic N) is 2. The molecule has 0 aromatic heterocycles. The van der Waals surface area contributed by atoms with Crippen LogP contribution in [0.2, 0.25) is 0 Å². The van der Waals surface area contributed by atoms with Crippen molar-refractivity contribution < 1.29 is 0 Å². The van der Waals surface area contributed by atoms with Crippen LogP contribution in [0.4, 0.5) is 0 Å². The quantitative estimate of drug-likeness (QED) is 0.524.